The van der Waals surface area contributed by atoms with Gasteiger partial charge in [-0.15, -0.1) is 0 Å². The molecule has 5 heteroatoms. The van der Waals surface area contributed by atoms with E-state index in [1.807, 2.05) is 0 Å². The van der Waals surface area contributed by atoms with Crippen molar-refractivity contribution >= 4 is 16.8 Å². The van der Waals surface area contributed by atoms with Crippen LogP contribution in [0.2, 0.25) is 0 Å². The average molecular weight is 233 g/mol. The standard InChI is InChI=1S/C10H10ClFO3/c1-14-7-4-3-6(5-8(7)15-2)9(12)10(11)13/h3-5,9H,1-2H3. The summed E-state index contributed by atoms with van der Waals surface area (Å²) in [4.78, 5) is 10.6. The van der Waals surface area contributed by atoms with Crippen molar-refractivity contribution in [3.8, 4) is 11.5 Å². The number of carbonyl (C=O) groups excluding carboxylic acids is 1. The van der Waals surface area contributed by atoms with Crippen molar-refractivity contribution in [2.75, 3.05) is 14.2 Å². The topological polar surface area (TPSA) is 35.5 Å². The highest BCUT2D eigenvalue weighted by Crippen LogP contribution is 2.31. The third kappa shape index (κ3) is 2.59. The van der Waals surface area contributed by atoms with Gasteiger partial charge < -0.3 is 9.47 Å². The second-order valence-corrected chi connectivity index (χ2v) is 3.15. The SMILES string of the molecule is COc1ccc(C(F)C(=O)Cl)cc1OC. The Balaban J connectivity index is 3.07. The summed E-state index contributed by atoms with van der Waals surface area (Å²) in [6, 6.07) is 4.32. The molecule has 0 saturated carbocycles. The monoisotopic (exact) mass is 232 g/mol. The molecule has 0 aromatic heterocycles. The summed E-state index contributed by atoms with van der Waals surface area (Å²) in [6.45, 7) is 0. The predicted octanol–water partition coefficient (Wildman–Crippen LogP) is 2.48. The maximum Gasteiger partial charge on any atom is 0.260 e. The van der Waals surface area contributed by atoms with E-state index in [1.54, 1.807) is 0 Å². The van der Waals surface area contributed by atoms with Crippen molar-refractivity contribution < 1.29 is 18.7 Å². The maximum absolute atomic E-state index is 13.2. The fraction of sp³-hybridized carbons (Fsp3) is 0.300. The molecule has 0 radical (unpaired) electrons. The number of methoxy groups -OCH3 is 2. The molecule has 1 unspecified atom stereocenters. The molecule has 1 aromatic rings. The number of carbonyl (C=O) groups is 1. The molecule has 1 rings (SSSR count). The fourth-order valence-corrected chi connectivity index (χ4v) is 1.27. The minimum atomic E-state index is -1.84. The van der Waals surface area contributed by atoms with Crippen LogP contribution in [0.25, 0.3) is 0 Å². The normalized spacial score (nSPS) is 12.0. The Bertz CT molecular complexity index is 368. The summed E-state index contributed by atoms with van der Waals surface area (Å²) >= 11 is 5.05. The Kier molecular flexibility index (Phi) is 3.91. The van der Waals surface area contributed by atoms with Gasteiger partial charge in [0.1, 0.15) is 0 Å². The van der Waals surface area contributed by atoms with E-state index in [4.69, 9.17) is 21.1 Å². The van der Waals surface area contributed by atoms with E-state index < -0.39 is 11.4 Å². The van der Waals surface area contributed by atoms with E-state index >= 15 is 0 Å². The van der Waals surface area contributed by atoms with Crippen LogP contribution in [-0.2, 0) is 4.79 Å². The second kappa shape index (κ2) is 4.98. The number of rotatable bonds is 4. The van der Waals surface area contributed by atoms with Crippen LogP contribution in [0, 0.1) is 0 Å². The molecule has 0 amide bonds. The summed E-state index contributed by atoms with van der Waals surface area (Å²) in [6.07, 6.45) is -1.84. The highest BCUT2D eigenvalue weighted by atomic mass is 35.5. The van der Waals surface area contributed by atoms with Crippen molar-refractivity contribution in [3.05, 3.63) is 23.8 Å². The maximum atomic E-state index is 13.2. The zero-order valence-corrected chi connectivity index (χ0v) is 9.05. The molecule has 0 aliphatic heterocycles. The lowest BCUT2D eigenvalue weighted by atomic mass is 10.1. The molecule has 1 aromatic carbocycles. The number of hydrogen-bond acceptors (Lipinski definition) is 3. The van der Waals surface area contributed by atoms with Crippen molar-refractivity contribution in [2.24, 2.45) is 0 Å². The van der Waals surface area contributed by atoms with Gasteiger partial charge in [0.15, 0.2) is 17.7 Å². The van der Waals surface area contributed by atoms with Crippen molar-refractivity contribution in [1.29, 1.82) is 0 Å². The lowest BCUT2D eigenvalue weighted by molar-refractivity contribution is -0.116. The van der Waals surface area contributed by atoms with Crippen LogP contribution in [0.15, 0.2) is 18.2 Å². The first-order valence-corrected chi connectivity index (χ1v) is 4.53. The molecule has 3 nitrogen and oxygen atoms in total. The first kappa shape index (κ1) is 11.8. The minimum Gasteiger partial charge on any atom is -0.493 e. The first-order valence-electron chi connectivity index (χ1n) is 4.15. The molecule has 0 aliphatic rings. The van der Waals surface area contributed by atoms with Gasteiger partial charge >= 0.3 is 0 Å². The number of benzene rings is 1. The van der Waals surface area contributed by atoms with Crippen LogP contribution in [0.3, 0.4) is 0 Å². The lowest BCUT2D eigenvalue weighted by Crippen LogP contribution is -2.01. The number of alkyl halides is 1. The largest absolute Gasteiger partial charge is 0.493 e. The molecule has 0 aliphatic carbocycles. The molecule has 15 heavy (non-hydrogen) atoms. The summed E-state index contributed by atoms with van der Waals surface area (Å²) in [5, 5.41) is -1.05. The molecule has 0 heterocycles. The molecule has 0 spiro atoms. The molecular weight excluding hydrogens is 223 g/mol. The van der Waals surface area contributed by atoms with E-state index in [-0.39, 0.29) is 5.56 Å². The van der Waals surface area contributed by atoms with E-state index in [1.165, 1.54) is 32.4 Å². The minimum absolute atomic E-state index is 0.146. The van der Waals surface area contributed by atoms with Gasteiger partial charge in [0, 0.05) is 0 Å². The zero-order chi connectivity index (χ0) is 11.4. The van der Waals surface area contributed by atoms with Crippen LogP contribution in [-0.4, -0.2) is 19.5 Å². The Morgan fingerprint density at radius 1 is 1.33 bits per heavy atom. The van der Waals surface area contributed by atoms with Gasteiger partial charge in [-0.1, -0.05) is 6.07 Å². The summed E-state index contributed by atoms with van der Waals surface area (Å²) in [7, 11) is 2.90. The number of ether oxygens (including phenoxy) is 2. The van der Waals surface area contributed by atoms with Crippen LogP contribution < -0.4 is 9.47 Å². The van der Waals surface area contributed by atoms with Crippen molar-refractivity contribution in [3.63, 3.8) is 0 Å². The quantitative estimate of drug-likeness (QED) is 0.749. The van der Waals surface area contributed by atoms with Crippen LogP contribution in [0.5, 0.6) is 11.5 Å². The van der Waals surface area contributed by atoms with Gasteiger partial charge in [0.25, 0.3) is 5.24 Å². The van der Waals surface area contributed by atoms with Gasteiger partial charge in [-0.25, -0.2) is 4.39 Å². The Labute approximate surface area is 91.7 Å². The van der Waals surface area contributed by atoms with Gasteiger partial charge in [-0.05, 0) is 29.3 Å². The van der Waals surface area contributed by atoms with Crippen LogP contribution in [0.4, 0.5) is 4.39 Å². The van der Waals surface area contributed by atoms with Crippen LogP contribution >= 0.6 is 11.6 Å². The summed E-state index contributed by atoms with van der Waals surface area (Å²) in [5.41, 5.74) is 0.146. The van der Waals surface area contributed by atoms with Gasteiger partial charge in [0.2, 0.25) is 0 Å². The number of hydrogen-bond donors (Lipinski definition) is 0. The van der Waals surface area contributed by atoms with Crippen molar-refractivity contribution in [1.82, 2.24) is 0 Å². The third-order valence-electron chi connectivity index (χ3n) is 1.90. The summed E-state index contributed by atoms with van der Waals surface area (Å²) < 4.78 is 23.2. The third-order valence-corrected chi connectivity index (χ3v) is 2.09. The Hall–Kier alpha value is -1.29. The second-order valence-electron chi connectivity index (χ2n) is 2.78. The highest BCUT2D eigenvalue weighted by molar-refractivity contribution is 6.64. The molecule has 1 atom stereocenters. The van der Waals surface area contributed by atoms with Crippen molar-refractivity contribution in [2.45, 2.75) is 6.17 Å². The summed E-state index contributed by atoms with van der Waals surface area (Å²) in [5.74, 6) is 0.825. The van der Waals surface area contributed by atoms with Gasteiger partial charge in [-0.2, -0.15) is 0 Å². The molecule has 82 valence electrons. The number of halogens is 2. The molecule has 0 bridgehead atoms. The van der Waals surface area contributed by atoms with Crippen LogP contribution in [0.1, 0.15) is 11.7 Å². The Morgan fingerprint density at radius 2 is 1.93 bits per heavy atom. The molecular formula is C10H10ClFO3. The predicted molar refractivity (Wildman–Crippen MR) is 54.3 cm³/mol. The smallest absolute Gasteiger partial charge is 0.260 e. The fourth-order valence-electron chi connectivity index (χ4n) is 1.14. The first-order chi connectivity index (χ1) is 7.10. The molecule has 0 N–H and O–H groups in total. The van der Waals surface area contributed by atoms with E-state index in [2.05, 4.69) is 0 Å². The zero-order valence-electron chi connectivity index (χ0n) is 8.29. The van der Waals surface area contributed by atoms with E-state index in [0.717, 1.165) is 0 Å². The van der Waals surface area contributed by atoms with E-state index in [9.17, 15) is 9.18 Å². The average Bonchev–Trinajstić information content (AvgIpc) is 2.26. The highest BCUT2D eigenvalue weighted by Gasteiger charge is 2.18. The Morgan fingerprint density at radius 3 is 2.40 bits per heavy atom. The molecule has 0 fully saturated rings. The van der Waals surface area contributed by atoms with Gasteiger partial charge in [0.05, 0.1) is 14.2 Å². The van der Waals surface area contributed by atoms with Gasteiger partial charge in [-0.3, -0.25) is 4.79 Å². The molecule has 0 saturated heterocycles. The van der Waals surface area contributed by atoms with E-state index in [0.29, 0.717) is 11.5 Å². The lowest BCUT2D eigenvalue weighted by Gasteiger charge is -2.10.